The highest BCUT2D eigenvalue weighted by Crippen LogP contribution is 2.21. The summed E-state index contributed by atoms with van der Waals surface area (Å²) in [5, 5.41) is 0. The first-order valence-electron chi connectivity index (χ1n) is 5.82. The van der Waals surface area contributed by atoms with Gasteiger partial charge in [0.1, 0.15) is 6.10 Å². The number of carbonyl (C=O) groups excluding carboxylic acids is 2. The highest BCUT2D eigenvalue weighted by atomic mass is 16.5. The number of rotatable bonds is 5. The maximum Gasteiger partial charge on any atom is 0.331 e. The van der Waals surface area contributed by atoms with Crippen molar-refractivity contribution in [2.75, 3.05) is 6.61 Å². The van der Waals surface area contributed by atoms with Gasteiger partial charge in [-0.2, -0.15) is 0 Å². The standard InChI is InChI=1S/C13H22O4/c1-6-9-16-11(14)7-8-12(15)17-10(2)13(3,4)5/h7-8,10H,6,9H2,1-5H3/b8-7+. The van der Waals surface area contributed by atoms with Crippen molar-refractivity contribution in [3.8, 4) is 0 Å². The first-order valence-corrected chi connectivity index (χ1v) is 5.82. The topological polar surface area (TPSA) is 52.6 Å². The van der Waals surface area contributed by atoms with Gasteiger partial charge in [-0.25, -0.2) is 9.59 Å². The molecule has 0 radical (unpaired) electrons. The Morgan fingerprint density at radius 3 is 2.18 bits per heavy atom. The summed E-state index contributed by atoms with van der Waals surface area (Å²) in [7, 11) is 0. The monoisotopic (exact) mass is 242 g/mol. The van der Waals surface area contributed by atoms with E-state index in [-0.39, 0.29) is 11.5 Å². The second-order valence-corrected chi connectivity index (χ2v) is 4.95. The number of carbonyl (C=O) groups is 2. The summed E-state index contributed by atoms with van der Waals surface area (Å²) in [4.78, 5) is 22.4. The van der Waals surface area contributed by atoms with Crippen molar-refractivity contribution in [3.63, 3.8) is 0 Å². The Morgan fingerprint density at radius 1 is 1.18 bits per heavy atom. The van der Waals surface area contributed by atoms with E-state index in [9.17, 15) is 9.59 Å². The number of ether oxygens (including phenoxy) is 2. The normalized spacial score (nSPS) is 13.5. The molecule has 4 heteroatoms. The summed E-state index contributed by atoms with van der Waals surface area (Å²) < 4.78 is 9.92. The second kappa shape index (κ2) is 7.09. The first kappa shape index (κ1) is 15.7. The molecule has 0 rings (SSSR count). The van der Waals surface area contributed by atoms with Gasteiger partial charge in [-0.1, -0.05) is 27.7 Å². The van der Waals surface area contributed by atoms with Gasteiger partial charge in [-0.3, -0.25) is 0 Å². The van der Waals surface area contributed by atoms with Crippen LogP contribution in [0.3, 0.4) is 0 Å². The lowest BCUT2D eigenvalue weighted by molar-refractivity contribution is -0.147. The molecule has 1 unspecified atom stereocenters. The van der Waals surface area contributed by atoms with Gasteiger partial charge in [0.15, 0.2) is 0 Å². The molecule has 0 aromatic heterocycles. The highest BCUT2D eigenvalue weighted by Gasteiger charge is 2.22. The molecule has 0 aliphatic carbocycles. The third-order valence-corrected chi connectivity index (χ3v) is 2.32. The molecule has 0 fully saturated rings. The zero-order chi connectivity index (χ0) is 13.5. The molecule has 1 atom stereocenters. The Hall–Kier alpha value is -1.32. The van der Waals surface area contributed by atoms with Gasteiger partial charge in [-0.15, -0.1) is 0 Å². The van der Waals surface area contributed by atoms with E-state index in [1.54, 1.807) is 0 Å². The molecule has 0 amide bonds. The first-order chi connectivity index (χ1) is 7.77. The molecule has 17 heavy (non-hydrogen) atoms. The molecule has 0 aromatic carbocycles. The Bertz CT molecular complexity index is 286. The molecule has 0 saturated heterocycles. The predicted molar refractivity (Wildman–Crippen MR) is 65.4 cm³/mol. The SMILES string of the molecule is CCCOC(=O)/C=C/C(=O)OC(C)C(C)(C)C. The molecule has 0 heterocycles. The van der Waals surface area contributed by atoms with Crippen molar-refractivity contribution in [2.24, 2.45) is 5.41 Å². The van der Waals surface area contributed by atoms with E-state index in [1.165, 1.54) is 0 Å². The van der Waals surface area contributed by atoms with E-state index in [1.807, 2.05) is 34.6 Å². The van der Waals surface area contributed by atoms with Crippen LogP contribution >= 0.6 is 0 Å². The van der Waals surface area contributed by atoms with Crippen LogP contribution < -0.4 is 0 Å². The zero-order valence-corrected chi connectivity index (χ0v) is 11.3. The molecular weight excluding hydrogens is 220 g/mol. The minimum atomic E-state index is -0.527. The molecule has 4 nitrogen and oxygen atoms in total. The third kappa shape index (κ3) is 7.55. The lowest BCUT2D eigenvalue weighted by Gasteiger charge is -2.26. The Kier molecular flexibility index (Phi) is 6.54. The van der Waals surface area contributed by atoms with Crippen LogP contribution in [0, 0.1) is 5.41 Å². The van der Waals surface area contributed by atoms with Crippen LogP contribution in [0.4, 0.5) is 0 Å². The molecule has 0 saturated carbocycles. The van der Waals surface area contributed by atoms with Gasteiger partial charge in [0, 0.05) is 12.2 Å². The second-order valence-electron chi connectivity index (χ2n) is 4.95. The lowest BCUT2D eigenvalue weighted by atomic mass is 9.90. The third-order valence-electron chi connectivity index (χ3n) is 2.32. The maximum absolute atomic E-state index is 11.4. The molecule has 0 spiro atoms. The number of hydrogen-bond donors (Lipinski definition) is 0. The Morgan fingerprint density at radius 2 is 1.71 bits per heavy atom. The molecule has 0 aliphatic rings. The molecule has 0 aromatic rings. The smallest absolute Gasteiger partial charge is 0.331 e. The van der Waals surface area contributed by atoms with Crippen LogP contribution in [0.1, 0.15) is 41.0 Å². The van der Waals surface area contributed by atoms with E-state index in [2.05, 4.69) is 0 Å². The van der Waals surface area contributed by atoms with Crippen LogP contribution in [0.15, 0.2) is 12.2 Å². The summed E-state index contributed by atoms with van der Waals surface area (Å²) in [5.74, 6) is -1.05. The van der Waals surface area contributed by atoms with Crippen molar-refractivity contribution in [1.29, 1.82) is 0 Å². The minimum absolute atomic E-state index is 0.119. The lowest BCUT2D eigenvalue weighted by Crippen LogP contribution is -2.28. The average molecular weight is 242 g/mol. The van der Waals surface area contributed by atoms with E-state index in [4.69, 9.17) is 9.47 Å². The quantitative estimate of drug-likeness (QED) is 0.549. The van der Waals surface area contributed by atoms with E-state index >= 15 is 0 Å². The van der Waals surface area contributed by atoms with Gasteiger partial charge in [0.25, 0.3) is 0 Å². The molecule has 0 aliphatic heterocycles. The van der Waals surface area contributed by atoms with Crippen molar-refractivity contribution in [2.45, 2.75) is 47.1 Å². The average Bonchev–Trinajstić information content (AvgIpc) is 2.22. The van der Waals surface area contributed by atoms with Gasteiger partial charge in [0.05, 0.1) is 6.61 Å². The van der Waals surface area contributed by atoms with Crippen LogP contribution in [0.5, 0.6) is 0 Å². The Balaban J connectivity index is 4.10. The molecule has 0 N–H and O–H groups in total. The van der Waals surface area contributed by atoms with Gasteiger partial charge >= 0.3 is 11.9 Å². The predicted octanol–water partition coefficient (Wildman–Crippen LogP) is 2.47. The molecule has 0 bridgehead atoms. The molecular formula is C13H22O4. The Labute approximate surface area is 103 Å². The summed E-state index contributed by atoms with van der Waals surface area (Å²) in [6.45, 7) is 10.0. The largest absolute Gasteiger partial charge is 0.463 e. The van der Waals surface area contributed by atoms with Crippen LogP contribution in [-0.2, 0) is 19.1 Å². The van der Waals surface area contributed by atoms with Crippen LogP contribution in [0.25, 0.3) is 0 Å². The highest BCUT2D eigenvalue weighted by molar-refractivity contribution is 5.91. The summed E-state index contributed by atoms with van der Waals surface area (Å²) in [5.41, 5.74) is -0.119. The van der Waals surface area contributed by atoms with Crippen molar-refractivity contribution in [1.82, 2.24) is 0 Å². The molecule has 98 valence electrons. The van der Waals surface area contributed by atoms with E-state index in [0.717, 1.165) is 18.6 Å². The van der Waals surface area contributed by atoms with Crippen LogP contribution in [-0.4, -0.2) is 24.6 Å². The van der Waals surface area contributed by atoms with Crippen molar-refractivity contribution < 1.29 is 19.1 Å². The van der Waals surface area contributed by atoms with Crippen molar-refractivity contribution in [3.05, 3.63) is 12.2 Å². The van der Waals surface area contributed by atoms with Crippen LogP contribution in [0.2, 0.25) is 0 Å². The van der Waals surface area contributed by atoms with E-state index < -0.39 is 11.9 Å². The fourth-order valence-electron chi connectivity index (χ4n) is 0.777. The van der Waals surface area contributed by atoms with Gasteiger partial charge in [-0.05, 0) is 18.8 Å². The summed E-state index contributed by atoms with van der Waals surface area (Å²) in [6.07, 6.45) is 2.73. The zero-order valence-electron chi connectivity index (χ0n) is 11.3. The minimum Gasteiger partial charge on any atom is -0.463 e. The number of hydrogen-bond acceptors (Lipinski definition) is 4. The fourth-order valence-corrected chi connectivity index (χ4v) is 0.777. The van der Waals surface area contributed by atoms with Gasteiger partial charge in [0.2, 0.25) is 0 Å². The summed E-state index contributed by atoms with van der Waals surface area (Å²) >= 11 is 0. The van der Waals surface area contributed by atoms with Crippen molar-refractivity contribution >= 4 is 11.9 Å². The maximum atomic E-state index is 11.4. The van der Waals surface area contributed by atoms with E-state index in [0.29, 0.717) is 6.61 Å². The number of esters is 2. The summed E-state index contributed by atoms with van der Waals surface area (Å²) in [6, 6.07) is 0. The van der Waals surface area contributed by atoms with Gasteiger partial charge < -0.3 is 9.47 Å². The fraction of sp³-hybridized carbons (Fsp3) is 0.692.